The molecule has 1 rings (SSSR count). The smallest absolute Gasteiger partial charge is 0.0398 e. The van der Waals surface area contributed by atoms with Crippen LogP contribution in [-0.4, -0.2) is 0 Å². The maximum absolute atomic E-state index is 2.08. The first kappa shape index (κ1) is 4.38. The van der Waals surface area contributed by atoms with Gasteiger partial charge in [0, 0.05) is 0 Å². The van der Waals surface area contributed by atoms with E-state index >= 15 is 0 Å². The van der Waals surface area contributed by atoms with Gasteiger partial charge in [-0.05, 0) is 6.92 Å². The summed E-state index contributed by atoms with van der Waals surface area (Å²) >= 11 is 0. The van der Waals surface area contributed by atoms with Crippen molar-refractivity contribution in [3.8, 4) is 0 Å². The van der Waals surface area contributed by atoms with Gasteiger partial charge in [0.2, 0.25) is 0 Å². The average Bonchev–Trinajstić information content (AvgIpc) is 1.69. The summed E-state index contributed by atoms with van der Waals surface area (Å²) in [7, 11) is 0. The lowest BCUT2D eigenvalue weighted by Gasteiger charge is -1.82. The van der Waals surface area contributed by atoms with Gasteiger partial charge in [0.1, 0.15) is 0 Å². The Balaban J connectivity index is 3.02. The Morgan fingerprint density at radius 1 is 1.00 bits per heavy atom. The third kappa shape index (κ3) is 1.04. The van der Waals surface area contributed by atoms with E-state index in [1.54, 1.807) is 0 Å². The molecule has 0 nitrogen and oxygen atoms in total. The van der Waals surface area contributed by atoms with Gasteiger partial charge in [0.05, 0.1) is 0 Å². The lowest BCUT2D eigenvalue weighted by molar-refractivity contribution is 1.48. The fourth-order valence-corrected chi connectivity index (χ4v) is 0.534. The van der Waals surface area contributed by atoms with E-state index in [2.05, 4.69) is 19.1 Å². The maximum atomic E-state index is 2.08. The van der Waals surface area contributed by atoms with Gasteiger partial charge in [0.15, 0.2) is 0 Å². The zero-order valence-corrected chi connectivity index (χ0v) is 4.39. The van der Waals surface area contributed by atoms with E-state index < -0.39 is 0 Å². The van der Waals surface area contributed by atoms with Crippen LogP contribution in [0, 0.1) is 6.92 Å². The Morgan fingerprint density at radius 3 is 1.86 bits per heavy atom. The monoisotopic (exact) mass is 90.1 g/mol. The van der Waals surface area contributed by atoms with Crippen LogP contribution in [0.4, 0.5) is 0 Å². The van der Waals surface area contributed by atoms with Gasteiger partial charge in [0.25, 0.3) is 0 Å². The SMILES string of the molecule is [10CH3]c1ccccc1. The Labute approximate surface area is 43.8 Å². The molecule has 0 aromatic heterocycles. The van der Waals surface area contributed by atoms with E-state index in [4.69, 9.17) is 0 Å². The zero-order chi connectivity index (χ0) is 5.11. The summed E-state index contributed by atoms with van der Waals surface area (Å²) in [6, 6.07) is 10.3. The summed E-state index contributed by atoms with van der Waals surface area (Å²) in [4.78, 5) is 0. The third-order valence-electron chi connectivity index (χ3n) is 0.940. The fourth-order valence-electron chi connectivity index (χ4n) is 0.534. The Hall–Kier alpha value is -0.780. The molecule has 0 heterocycles. The van der Waals surface area contributed by atoms with Crippen LogP contribution in [0.15, 0.2) is 30.3 Å². The highest BCUT2D eigenvalue weighted by Gasteiger charge is 1.72. The molecule has 0 heteroatoms. The number of hydrogen-bond acceptors (Lipinski definition) is 0. The Morgan fingerprint density at radius 2 is 1.57 bits per heavy atom. The highest BCUT2D eigenvalue weighted by Crippen LogP contribution is 1.92. The Bertz CT molecular complexity index is 130. The summed E-state index contributed by atoms with van der Waals surface area (Å²) in [6.45, 7) is 2.08. The largest absolute Gasteiger partial charge is 0.0622 e. The third-order valence-corrected chi connectivity index (χ3v) is 0.940. The predicted molar refractivity (Wildman–Crippen MR) is 31.2 cm³/mol. The lowest BCUT2D eigenvalue weighted by atomic mass is 9.49. The van der Waals surface area contributed by atoms with Crippen LogP contribution in [0.3, 0.4) is 0 Å². The Kier molecular flexibility index (Phi) is 1.12. The molecule has 0 fully saturated rings. The van der Waals surface area contributed by atoms with E-state index in [1.807, 2.05) is 18.2 Å². The molecule has 0 bridgehead atoms. The molecule has 0 aliphatic heterocycles. The van der Waals surface area contributed by atoms with Crippen LogP contribution in [0.2, 0.25) is 0 Å². The lowest BCUT2D eigenvalue weighted by Crippen LogP contribution is -1.62. The second-order valence-corrected chi connectivity index (χ2v) is 1.65. The van der Waals surface area contributed by atoms with Crippen molar-refractivity contribution < 1.29 is 0 Å². The van der Waals surface area contributed by atoms with Crippen molar-refractivity contribution in [1.29, 1.82) is 0 Å². The van der Waals surface area contributed by atoms with Gasteiger partial charge in [-0.3, -0.25) is 0 Å². The normalized spacial score (nSPS) is 8.71. The molecule has 0 radical (unpaired) electrons. The highest BCUT2D eigenvalue weighted by molar-refractivity contribution is 5.11. The zero-order valence-electron chi connectivity index (χ0n) is 4.39. The molecular formula is C7H8. The number of benzene rings is 1. The summed E-state index contributed by atoms with van der Waals surface area (Å²) in [6.07, 6.45) is 0. The molecule has 0 N–H and O–H groups in total. The van der Waals surface area contributed by atoms with Gasteiger partial charge in [-0.15, -0.1) is 0 Å². The van der Waals surface area contributed by atoms with Gasteiger partial charge in [-0.25, -0.2) is 0 Å². The number of aryl methyl sites for hydroxylation is 1. The minimum Gasteiger partial charge on any atom is -0.0622 e. The van der Waals surface area contributed by atoms with Crippen molar-refractivity contribution >= 4 is 0 Å². The minimum atomic E-state index is 1.32. The van der Waals surface area contributed by atoms with Crippen LogP contribution in [-0.2, 0) is 0 Å². The first-order chi connectivity index (χ1) is 3.39. The maximum Gasteiger partial charge on any atom is -0.0398 e. The summed E-state index contributed by atoms with van der Waals surface area (Å²) in [5.41, 5.74) is 1.32. The standard InChI is InChI=1S/C7H8/c1-7-5-3-2-4-6-7/h2-6H,1H3/i1-2. The van der Waals surface area contributed by atoms with Crippen molar-refractivity contribution in [2.45, 2.75) is 6.92 Å². The first-order valence-corrected chi connectivity index (χ1v) is 2.41. The predicted octanol–water partition coefficient (Wildman–Crippen LogP) is 2.00. The quantitative estimate of drug-likeness (QED) is 0.457. The topological polar surface area (TPSA) is 0 Å². The van der Waals surface area contributed by atoms with Crippen LogP contribution < -0.4 is 0 Å². The van der Waals surface area contributed by atoms with E-state index in [1.165, 1.54) is 5.56 Å². The van der Waals surface area contributed by atoms with Crippen LogP contribution in [0.1, 0.15) is 5.56 Å². The molecule has 0 saturated carbocycles. The van der Waals surface area contributed by atoms with Crippen molar-refractivity contribution in [3.05, 3.63) is 35.9 Å². The molecule has 0 aliphatic rings. The molecule has 36 valence electrons. The summed E-state index contributed by atoms with van der Waals surface area (Å²) in [5, 5.41) is 0. The molecule has 0 aliphatic carbocycles. The van der Waals surface area contributed by atoms with Crippen LogP contribution >= 0.6 is 0 Å². The number of rotatable bonds is 0. The van der Waals surface area contributed by atoms with E-state index in [-0.39, 0.29) is 0 Å². The van der Waals surface area contributed by atoms with Crippen molar-refractivity contribution in [2.24, 2.45) is 0 Å². The molecule has 0 atom stereocenters. The van der Waals surface area contributed by atoms with Gasteiger partial charge >= 0.3 is 0 Å². The van der Waals surface area contributed by atoms with E-state index in [0.717, 1.165) is 0 Å². The summed E-state index contributed by atoms with van der Waals surface area (Å²) < 4.78 is 0. The van der Waals surface area contributed by atoms with Crippen LogP contribution in [0.25, 0.3) is 0 Å². The second-order valence-electron chi connectivity index (χ2n) is 1.65. The molecule has 1 aromatic carbocycles. The second kappa shape index (κ2) is 1.78. The molecule has 7 heavy (non-hydrogen) atoms. The summed E-state index contributed by atoms with van der Waals surface area (Å²) in [5.74, 6) is 0. The van der Waals surface area contributed by atoms with E-state index in [0.29, 0.717) is 0 Å². The molecule has 0 amide bonds. The molecular weight excluding hydrogens is 82.1 g/mol. The minimum absolute atomic E-state index is 1.32. The van der Waals surface area contributed by atoms with E-state index in [9.17, 15) is 0 Å². The average molecular weight is 90.1 g/mol. The highest BCUT2D eigenvalue weighted by atomic mass is 13.7. The van der Waals surface area contributed by atoms with Crippen molar-refractivity contribution in [1.82, 2.24) is 0 Å². The van der Waals surface area contributed by atoms with Crippen molar-refractivity contribution in [2.75, 3.05) is 0 Å². The van der Waals surface area contributed by atoms with Gasteiger partial charge in [-0.1, -0.05) is 35.9 Å². The van der Waals surface area contributed by atoms with Crippen molar-refractivity contribution in [3.63, 3.8) is 0 Å². The molecule has 0 spiro atoms. The van der Waals surface area contributed by atoms with Gasteiger partial charge < -0.3 is 0 Å². The van der Waals surface area contributed by atoms with Crippen LogP contribution in [0.5, 0.6) is 0 Å². The number of hydrogen-bond donors (Lipinski definition) is 0. The first-order valence-electron chi connectivity index (χ1n) is 2.41. The molecule has 1 aromatic rings. The fraction of sp³-hybridized carbons (Fsp3) is 0.143. The molecule has 0 saturated heterocycles. The van der Waals surface area contributed by atoms with Gasteiger partial charge in [-0.2, -0.15) is 0 Å². The molecule has 0 unspecified atom stereocenters.